The summed E-state index contributed by atoms with van der Waals surface area (Å²) in [5.41, 5.74) is 0. The van der Waals surface area contributed by atoms with Crippen LogP contribution in [-0.4, -0.2) is 36.0 Å². The summed E-state index contributed by atoms with van der Waals surface area (Å²) in [6, 6.07) is 0. The van der Waals surface area contributed by atoms with Gasteiger partial charge in [-0.05, 0) is 6.42 Å². The van der Waals surface area contributed by atoms with Gasteiger partial charge in [0.05, 0.1) is 6.20 Å². The summed E-state index contributed by atoms with van der Waals surface area (Å²) in [6.07, 6.45) is 5.03. The van der Waals surface area contributed by atoms with Crippen molar-refractivity contribution in [2.75, 3.05) is 13.1 Å². The third kappa shape index (κ3) is 2.66. The zero-order valence-electron chi connectivity index (χ0n) is 8.68. The molecule has 1 aromatic rings. The van der Waals surface area contributed by atoms with E-state index in [9.17, 15) is 8.42 Å². The van der Waals surface area contributed by atoms with Crippen molar-refractivity contribution in [2.45, 2.75) is 18.2 Å². The Hall–Kier alpha value is -1.14. The lowest BCUT2D eigenvalue weighted by atomic mass is 10.5. The number of rotatable bonds is 6. The van der Waals surface area contributed by atoms with Gasteiger partial charge < -0.3 is 0 Å². The summed E-state index contributed by atoms with van der Waals surface area (Å²) in [5, 5.41) is 6.13. The number of hydrogen-bond acceptors (Lipinski definition) is 3. The largest absolute Gasteiger partial charge is 0.284 e. The molecule has 6 heteroatoms. The molecule has 15 heavy (non-hydrogen) atoms. The molecule has 0 aromatic carbocycles. The average molecular weight is 229 g/mol. The Bertz CT molecular complexity index is 397. The molecule has 0 saturated heterocycles. The second-order valence-corrected chi connectivity index (χ2v) is 5.02. The highest BCUT2D eigenvalue weighted by atomic mass is 32.2. The lowest BCUT2D eigenvalue weighted by Crippen LogP contribution is -2.31. The Balaban J connectivity index is 2.96. The van der Waals surface area contributed by atoms with E-state index >= 15 is 0 Å². The molecule has 0 aliphatic carbocycles. The number of hydrogen-bond donors (Lipinski definition) is 1. The summed E-state index contributed by atoms with van der Waals surface area (Å²) in [4.78, 5) is 0.192. The molecule has 0 atom stereocenters. The van der Waals surface area contributed by atoms with Crippen LogP contribution in [0, 0.1) is 0 Å². The molecule has 0 aliphatic heterocycles. The first kappa shape index (κ1) is 11.9. The third-order valence-corrected chi connectivity index (χ3v) is 3.75. The van der Waals surface area contributed by atoms with Gasteiger partial charge in [-0.1, -0.05) is 13.0 Å². The van der Waals surface area contributed by atoms with Crippen LogP contribution >= 0.6 is 0 Å². The highest BCUT2D eigenvalue weighted by Crippen LogP contribution is 2.13. The number of aromatic amines is 1. The molecule has 1 N–H and O–H groups in total. The second kappa shape index (κ2) is 5.09. The topological polar surface area (TPSA) is 66.1 Å². The van der Waals surface area contributed by atoms with Crippen LogP contribution in [0.25, 0.3) is 0 Å². The van der Waals surface area contributed by atoms with Gasteiger partial charge in [0.1, 0.15) is 4.90 Å². The smallest absolute Gasteiger partial charge is 0.246 e. The van der Waals surface area contributed by atoms with E-state index in [-0.39, 0.29) is 4.90 Å². The molecule has 5 nitrogen and oxygen atoms in total. The summed E-state index contributed by atoms with van der Waals surface area (Å²) < 4.78 is 25.4. The SMILES string of the molecule is C=CCN(CCC)S(=O)(=O)c1cn[nH]c1. The van der Waals surface area contributed by atoms with Crippen molar-refractivity contribution in [3.8, 4) is 0 Å². The molecule has 1 heterocycles. The maximum Gasteiger partial charge on any atom is 0.246 e. The van der Waals surface area contributed by atoms with Gasteiger partial charge in [0.2, 0.25) is 10.0 Å². The molecule has 1 aromatic heterocycles. The lowest BCUT2D eigenvalue weighted by Gasteiger charge is -2.18. The Morgan fingerprint density at radius 3 is 2.87 bits per heavy atom. The number of nitrogens with zero attached hydrogens (tertiary/aromatic N) is 2. The molecular weight excluding hydrogens is 214 g/mol. The molecule has 0 amide bonds. The maximum atomic E-state index is 12.0. The second-order valence-electron chi connectivity index (χ2n) is 3.09. The monoisotopic (exact) mass is 229 g/mol. The molecule has 84 valence electrons. The van der Waals surface area contributed by atoms with Gasteiger partial charge in [-0.25, -0.2) is 8.42 Å². The predicted octanol–water partition coefficient (Wildman–Crippen LogP) is 0.996. The third-order valence-electron chi connectivity index (χ3n) is 1.92. The molecule has 0 aliphatic rings. The normalized spacial score (nSPS) is 11.9. The van der Waals surface area contributed by atoms with Crippen molar-refractivity contribution in [3.63, 3.8) is 0 Å². The van der Waals surface area contributed by atoms with Crippen molar-refractivity contribution in [3.05, 3.63) is 25.0 Å². The first-order valence-electron chi connectivity index (χ1n) is 4.72. The molecule has 0 bridgehead atoms. The van der Waals surface area contributed by atoms with Crippen LogP contribution < -0.4 is 0 Å². The van der Waals surface area contributed by atoms with Crippen LogP contribution in [0.2, 0.25) is 0 Å². The fourth-order valence-electron chi connectivity index (χ4n) is 1.23. The number of aromatic nitrogens is 2. The molecular formula is C9H15N3O2S. The molecule has 0 spiro atoms. The van der Waals surface area contributed by atoms with Gasteiger partial charge in [0.25, 0.3) is 0 Å². The maximum absolute atomic E-state index is 12.0. The van der Waals surface area contributed by atoms with Crippen molar-refractivity contribution in [1.82, 2.24) is 14.5 Å². The van der Waals surface area contributed by atoms with E-state index in [1.165, 1.54) is 16.7 Å². The minimum Gasteiger partial charge on any atom is -0.284 e. The molecule has 0 fully saturated rings. The lowest BCUT2D eigenvalue weighted by molar-refractivity contribution is 0.441. The molecule has 1 rings (SSSR count). The molecule has 0 unspecified atom stereocenters. The summed E-state index contributed by atoms with van der Waals surface area (Å²) in [6.45, 7) is 6.29. The van der Waals surface area contributed by atoms with E-state index in [4.69, 9.17) is 0 Å². The summed E-state index contributed by atoms with van der Waals surface area (Å²) >= 11 is 0. The number of H-pyrrole nitrogens is 1. The van der Waals surface area contributed by atoms with E-state index < -0.39 is 10.0 Å². The van der Waals surface area contributed by atoms with Gasteiger partial charge in [-0.3, -0.25) is 5.10 Å². The summed E-state index contributed by atoms with van der Waals surface area (Å²) in [7, 11) is -3.41. The highest BCUT2D eigenvalue weighted by Gasteiger charge is 2.23. The average Bonchev–Trinajstić information content (AvgIpc) is 2.70. The van der Waals surface area contributed by atoms with Crippen LogP contribution in [0.5, 0.6) is 0 Å². The summed E-state index contributed by atoms with van der Waals surface area (Å²) in [5.74, 6) is 0. The van der Waals surface area contributed by atoms with Gasteiger partial charge in [0, 0.05) is 19.3 Å². The number of nitrogens with one attached hydrogen (secondary N) is 1. The van der Waals surface area contributed by atoms with Crippen LogP contribution in [-0.2, 0) is 10.0 Å². The van der Waals surface area contributed by atoms with Crippen molar-refractivity contribution in [1.29, 1.82) is 0 Å². The highest BCUT2D eigenvalue weighted by molar-refractivity contribution is 7.89. The fraction of sp³-hybridized carbons (Fsp3) is 0.444. The molecule has 0 saturated carbocycles. The van der Waals surface area contributed by atoms with Gasteiger partial charge in [0.15, 0.2) is 0 Å². The van der Waals surface area contributed by atoms with E-state index in [0.29, 0.717) is 13.1 Å². The van der Waals surface area contributed by atoms with Crippen LogP contribution in [0.1, 0.15) is 13.3 Å². The molecule has 0 radical (unpaired) electrons. The van der Waals surface area contributed by atoms with E-state index in [2.05, 4.69) is 16.8 Å². The van der Waals surface area contributed by atoms with Crippen molar-refractivity contribution >= 4 is 10.0 Å². The van der Waals surface area contributed by atoms with Crippen LogP contribution in [0.4, 0.5) is 0 Å². The quantitative estimate of drug-likeness (QED) is 0.740. The zero-order valence-corrected chi connectivity index (χ0v) is 9.50. The zero-order chi connectivity index (χ0) is 11.3. The van der Waals surface area contributed by atoms with Crippen LogP contribution in [0.15, 0.2) is 29.9 Å². The minimum atomic E-state index is -3.41. The van der Waals surface area contributed by atoms with Crippen molar-refractivity contribution < 1.29 is 8.42 Å². The van der Waals surface area contributed by atoms with Crippen LogP contribution in [0.3, 0.4) is 0 Å². The fourth-order valence-corrected chi connectivity index (χ4v) is 2.64. The Labute approximate surface area is 89.8 Å². The van der Waals surface area contributed by atoms with E-state index in [1.807, 2.05) is 6.92 Å². The standard InChI is InChI=1S/C9H15N3O2S/c1-3-5-12(6-4-2)15(13,14)9-7-10-11-8-9/h3,7-8H,1,4-6H2,2H3,(H,10,11). The van der Waals surface area contributed by atoms with Gasteiger partial charge in [-0.2, -0.15) is 9.40 Å². The van der Waals surface area contributed by atoms with E-state index in [0.717, 1.165) is 6.42 Å². The van der Waals surface area contributed by atoms with E-state index in [1.54, 1.807) is 6.08 Å². The first-order chi connectivity index (χ1) is 7.12. The first-order valence-corrected chi connectivity index (χ1v) is 6.16. The predicted molar refractivity (Wildman–Crippen MR) is 57.8 cm³/mol. The minimum absolute atomic E-state index is 0.192. The van der Waals surface area contributed by atoms with Gasteiger partial charge in [-0.15, -0.1) is 6.58 Å². The van der Waals surface area contributed by atoms with Crippen molar-refractivity contribution in [2.24, 2.45) is 0 Å². The Kier molecular flexibility index (Phi) is 4.05. The Morgan fingerprint density at radius 2 is 2.40 bits per heavy atom. The van der Waals surface area contributed by atoms with Gasteiger partial charge >= 0.3 is 0 Å². The number of sulfonamides is 1. The Morgan fingerprint density at radius 1 is 1.67 bits per heavy atom.